The molecule has 1 aliphatic rings. The monoisotopic (exact) mass is 272 g/mol. The maximum atomic E-state index is 13.3. The van der Waals surface area contributed by atoms with Crippen LogP contribution in [0.25, 0.3) is 0 Å². The Morgan fingerprint density at radius 2 is 1.89 bits per heavy atom. The summed E-state index contributed by atoms with van der Waals surface area (Å²) in [5.74, 6) is -3.28. The van der Waals surface area contributed by atoms with Crippen molar-refractivity contribution in [3.8, 4) is 0 Å². The summed E-state index contributed by atoms with van der Waals surface area (Å²) >= 11 is 0. The van der Waals surface area contributed by atoms with Gasteiger partial charge in [0, 0.05) is 24.7 Å². The van der Waals surface area contributed by atoms with Crippen LogP contribution in [0.2, 0.25) is 0 Å². The molecule has 6 heteroatoms. The SMILES string of the molecule is CCN(C(=O)CNc1c(F)cc(F)cc1F)C1CC1. The van der Waals surface area contributed by atoms with Gasteiger partial charge >= 0.3 is 0 Å². The third kappa shape index (κ3) is 3.19. The minimum Gasteiger partial charge on any atom is -0.371 e. The second-order valence-electron chi connectivity index (χ2n) is 4.51. The van der Waals surface area contributed by atoms with Gasteiger partial charge in [-0.3, -0.25) is 4.79 Å². The highest BCUT2D eigenvalue weighted by Gasteiger charge is 2.31. The van der Waals surface area contributed by atoms with Crippen molar-refractivity contribution in [1.82, 2.24) is 4.90 Å². The molecule has 0 unspecified atom stereocenters. The second-order valence-corrected chi connectivity index (χ2v) is 4.51. The molecule has 0 heterocycles. The summed E-state index contributed by atoms with van der Waals surface area (Å²) in [7, 11) is 0. The van der Waals surface area contributed by atoms with Crippen molar-refractivity contribution in [3.63, 3.8) is 0 Å². The van der Waals surface area contributed by atoms with Crippen molar-refractivity contribution in [2.45, 2.75) is 25.8 Å². The lowest BCUT2D eigenvalue weighted by Gasteiger charge is -2.21. The van der Waals surface area contributed by atoms with E-state index in [4.69, 9.17) is 0 Å². The first kappa shape index (κ1) is 13.7. The maximum absolute atomic E-state index is 13.3. The number of benzene rings is 1. The standard InChI is InChI=1S/C13H15F3N2O/c1-2-18(9-3-4-9)12(19)7-17-13-10(15)5-8(14)6-11(13)16/h5-6,9,17H,2-4,7H2,1H3. The topological polar surface area (TPSA) is 32.3 Å². The van der Waals surface area contributed by atoms with E-state index >= 15 is 0 Å². The molecule has 1 fully saturated rings. The molecule has 1 aliphatic carbocycles. The first-order chi connectivity index (χ1) is 9.02. The number of carbonyl (C=O) groups is 1. The van der Waals surface area contributed by atoms with Crippen LogP contribution in [0.1, 0.15) is 19.8 Å². The normalized spacial score (nSPS) is 14.3. The van der Waals surface area contributed by atoms with Gasteiger partial charge in [-0.1, -0.05) is 0 Å². The van der Waals surface area contributed by atoms with E-state index in [2.05, 4.69) is 5.32 Å². The number of anilines is 1. The van der Waals surface area contributed by atoms with Gasteiger partial charge in [0.1, 0.15) is 11.5 Å². The number of carbonyl (C=O) groups excluding carboxylic acids is 1. The van der Waals surface area contributed by atoms with Crippen molar-refractivity contribution in [2.75, 3.05) is 18.4 Å². The van der Waals surface area contributed by atoms with Crippen molar-refractivity contribution in [1.29, 1.82) is 0 Å². The van der Waals surface area contributed by atoms with E-state index in [9.17, 15) is 18.0 Å². The fourth-order valence-corrected chi connectivity index (χ4v) is 2.00. The van der Waals surface area contributed by atoms with Crippen molar-refractivity contribution < 1.29 is 18.0 Å². The first-order valence-corrected chi connectivity index (χ1v) is 6.20. The minimum atomic E-state index is -1.04. The van der Waals surface area contributed by atoms with Crippen LogP contribution in [0.15, 0.2) is 12.1 Å². The summed E-state index contributed by atoms with van der Waals surface area (Å²) in [5, 5.41) is 2.40. The Balaban J connectivity index is 2.00. The number of hydrogen-bond donors (Lipinski definition) is 1. The number of hydrogen-bond acceptors (Lipinski definition) is 2. The van der Waals surface area contributed by atoms with E-state index in [0.29, 0.717) is 18.7 Å². The van der Waals surface area contributed by atoms with Gasteiger partial charge in [-0.05, 0) is 19.8 Å². The molecule has 1 saturated carbocycles. The lowest BCUT2D eigenvalue weighted by Crippen LogP contribution is -2.37. The average molecular weight is 272 g/mol. The highest BCUT2D eigenvalue weighted by molar-refractivity contribution is 5.81. The molecule has 1 aromatic carbocycles. The molecule has 19 heavy (non-hydrogen) atoms. The van der Waals surface area contributed by atoms with E-state index < -0.39 is 23.1 Å². The molecule has 104 valence electrons. The van der Waals surface area contributed by atoms with Crippen molar-refractivity contribution in [2.24, 2.45) is 0 Å². The number of halogens is 3. The maximum Gasteiger partial charge on any atom is 0.242 e. The fraction of sp³-hybridized carbons (Fsp3) is 0.462. The third-order valence-corrected chi connectivity index (χ3v) is 3.07. The largest absolute Gasteiger partial charge is 0.371 e. The van der Waals surface area contributed by atoms with Crippen LogP contribution >= 0.6 is 0 Å². The highest BCUT2D eigenvalue weighted by atomic mass is 19.1. The van der Waals surface area contributed by atoms with Crippen LogP contribution < -0.4 is 5.32 Å². The van der Waals surface area contributed by atoms with Gasteiger partial charge in [-0.15, -0.1) is 0 Å². The lowest BCUT2D eigenvalue weighted by atomic mass is 10.2. The Hall–Kier alpha value is -1.72. The average Bonchev–Trinajstić information content (AvgIpc) is 3.13. The minimum absolute atomic E-state index is 0.205. The van der Waals surface area contributed by atoms with Crippen LogP contribution in [0.5, 0.6) is 0 Å². The molecule has 1 amide bonds. The first-order valence-electron chi connectivity index (χ1n) is 6.20. The molecule has 0 aromatic heterocycles. The number of nitrogens with one attached hydrogen (secondary N) is 1. The zero-order valence-corrected chi connectivity index (χ0v) is 10.5. The van der Waals surface area contributed by atoms with E-state index in [1.807, 2.05) is 6.92 Å². The Morgan fingerprint density at radius 3 is 2.37 bits per heavy atom. The van der Waals surface area contributed by atoms with Gasteiger partial charge in [0.25, 0.3) is 0 Å². The second kappa shape index (κ2) is 5.50. The molecule has 0 radical (unpaired) electrons. The van der Waals surface area contributed by atoms with Gasteiger partial charge in [-0.2, -0.15) is 0 Å². The predicted molar refractivity (Wildman–Crippen MR) is 65.2 cm³/mol. The summed E-state index contributed by atoms with van der Waals surface area (Å²) in [6, 6.07) is 1.41. The van der Waals surface area contributed by atoms with Gasteiger partial charge in [0.05, 0.1) is 6.54 Å². The van der Waals surface area contributed by atoms with E-state index in [1.54, 1.807) is 4.90 Å². The Labute approximate surface area is 109 Å². The smallest absolute Gasteiger partial charge is 0.242 e. The van der Waals surface area contributed by atoms with Crippen LogP contribution in [0.3, 0.4) is 0 Å². The van der Waals surface area contributed by atoms with Gasteiger partial charge < -0.3 is 10.2 Å². The molecular weight excluding hydrogens is 257 g/mol. The van der Waals surface area contributed by atoms with E-state index in [0.717, 1.165) is 12.8 Å². The summed E-state index contributed by atoms with van der Waals surface area (Å²) in [6.45, 7) is 2.22. The van der Waals surface area contributed by atoms with Crippen LogP contribution in [0, 0.1) is 17.5 Å². The third-order valence-electron chi connectivity index (χ3n) is 3.07. The Morgan fingerprint density at radius 1 is 1.32 bits per heavy atom. The lowest BCUT2D eigenvalue weighted by molar-refractivity contribution is -0.129. The van der Waals surface area contributed by atoms with Crippen LogP contribution in [-0.4, -0.2) is 29.9 Å². The van der Waals surface area contributed by atoms with Gasteiger partial charge in [-0.25, -0.2) is 13.2 Å². The van der Waals surface area contributed by atoms with Gasteiger partial charge in [0.2, 0.25) is 5.91 Å². The van der Waals surface area contributed by atoms with Gasteiger partial charge in [0.15, 0.2) is 11.6 Å². The molecular formula is C13H15F3N2O. The molecule has 0 atom stereocenters. The highest BCUT2D eigenvalue weighted by Crippen LogP contribution is 2.26. The molecule has 2 rings (SSSR count). The number of likely N-dealkylation sites (N-methyl/N-ethyl adjacent to an activating group) is 1. The summed E-state index contributed by atoms with van der Waals surface area (Å²) in [5.41, 5.74) is -0.471. The Bertz CT molecular complexity index is 466. The number of nitrogens with zero attached hydrogens (tertiary/aromatic N) is 1. The fourth-order valence-electron chi connectivity index (χ4n) is 2.00. The zero-order chi connectivity index (χ0) is 14.0. The number of amides is 1. The molecule has 0 spiro atoms. The molecule has 1 N–H and O–H groups in total. The Kier molecular flexibility index (Phi) is 3.97. The molecule has 1 aromatic rings. The van der Waals surface area contributed by atoms with Crippen LogP contribution in [-0.2, 0) is 4.79 Å². The van der Waals surface area contributed by atoms with E-state index in [1.165, 1.54) is 0 Å². The molecule has 0 saturated heterocycles. The van der Waals surface area contributed by atoms with Crippen LogP contribution in [0.4, 0.5) is 18.9 Å². The summed E-state index contributed by atoms with van der Waals surface area (Å²) < 4.78 is 39.4. The molecule has 0 aliphatic heterocycles. The molecule has 0 bridgehead atoms. The molecule has 3 nitrogen and oxygen atoms in total. The summed E-state index contributed by atoms with van der Waals surface area (Å²) in [4.78, 5) is 13.5. The number of rotatable bonds is 5. The van der Waals surface area contributed by atoms with Crippen molar-refractivity contribution >= 4 is 11.6 Å². The van der Waals surface area contributed by atoms with Crippen molar-refractivity contribution in [3.05, 3.63) is 29.6 Å². The van der Waals surface area contributed by atoms with E-state index in [-0.39, 0.29) is 18.5 Å². The summed E-state index contributed by atoms with van der Waals surface area (Å²) in [6.07, 6.45) is 1.94. The zero-order valence-electron chi connectivity index (χ0n) is 10.5. The predicted octanol–water partition coefficient (Wildman–Crippen LogP) is 2.53. The quantitative estimate of drug-likeness (QED) is 0.893.